The number of fused-ring (bicyclic) bond motifs is 1. The van der Waals surface area contributed by atoms with Crippen molar-refractivity contribution in [1.82, 2.24) is 14.5 Å². The zero-order chi connectivity index (χ0) is 18.8. The van der Waals surface area contributed by atoms with E-state index in [-0.39, 0.29) is 5.91 Å². The molecule has 1 amide bonds. The second-order valence-corrected chi connectivity index (χ2v) is 6.45. The van der Waals surface area contributed by atoms with Crippen LogP contribution in [-0.4, -0.2) is 20.4 Å². The van der Waals surface area contributed by atoms with Gasteiger partial charge in [-0.1, -0.05) is 41.6 Å². The highest BCUT2D eigenvalue weighted by Gasteiger charge is 2.17. The van der Waals surface area contributed by atoms with E-state index in [0.29, 0.717) is 18.7 Å². The Morgan fingerprint density at radius 2 is 1.89 bits per heavy atom. The third-order valence-electron chi connectivity index (χ3n) is 4.62. The van der Waals surface area contributed by atoms with Crippen molar-refractivity contribution in [2.45, 2.75) is 26.7 Å². The summed E-state index contributed by atoms with van der Waals surface area (Å²) < 4.78 is 7.07. The lowest BCUT2D eigenvalue weighted by Crippen LogP contribution is -2.14. The molecule has 0 spiro atoms. The average Bonchev–Trinajstić information content (AvgIpc) is 3.21. The zero-order valence-electron chi connectivity index (χ0n) is 15.3. The minimum atomic E-state index is -0.0714. The minimum Gasteiger partial charge on any atom is -0.361 e. The Labute approximate surface area is 156 Å². The van der Waals surface area contributed by atoms with Crippen molar-refractivity contribution in [2.75, 3.05) is 5.32 Å². The van der Waals surface area contributed by atoms with Gasteiger partial charge in [0.2, 0.25) is 5.91 Å². The summed E-state index contributed by atoms with van der Waals surface area (Å²) in [4.78, 5) is 17.3. The van der Waals surface area contributed by atoms with Crippen LogP contribution in [0.5, 0.6) is 0 Å². The molecule has 4 rings (SSSR count). The first-order valence-corrected chi connectivity index (χ1v) is 8.87. The van der Waals surface area contributed by atoms with Gasteiger partial charge in [-0.3, -0.25) is 9.20 Å². The van der Waals surface area contributed by atoms with Gasteiger partial charge in [-0.15, -0.1) is 0 Å². The number of carbonyl (C=O) groups is 1. The number of benzene rings is 1. The number of imidazole rings is 1. The Hall–Kier alpha value is -3.41. The zero-order valence-corrected chi connectivity index (χ0v) is 15.3. The molecule has 0 aliphatic rings. The molecular weight excluding hydrogens is 340 g/mol. The highest BCUT2D eigenvalue weighted by molar-refractivity contribution is 5.94. The maximum atomic E-state index is 12.7. The van der Waals surface area contributed by atoms with Crippen LogP contribution in [0.3, 0.4) is 0 Å². The number of hydrogen-bond acceptors (Lipinski definition) is 4. The van der Waals surface area contributed by atoms with Gasteiger partial charge in [0, 0.05) is 23.7 Å². The summed E-state index contributed by atoms with van der Waals surface area (Å²) in [6.45, 7) is 3.76. The van der Waals surface area contributed by atoms with E-state index in [9.17, 15) is 4.79 Å². The fraction of sp³-hybridized carbons (Fsp3) is 0.190. The van der Waals surface area contributed by atoms with Crippen LogP contribution in [0, 0.1) is 13.8 Å². The number of aryl methyl sites for hydroxylation is 2. The quantitative estimate of drug-likeness (QED) is 0.579. The van der Waals surface area contributed by atoms with E-state index in [1.54, 1.807) is 0 Å². The summed E-state index contributed by atoms with van der Waals surface area (Å²) in [7, 11) is 0. The van der Waals surface area contributed by atoms with Gasteiger partial charge < -0.3 is 9.84 Å². The molecule has 1 aromatic carbocycles. The largest absolute Gasteiger partial charge is 0.361 e. The standard InChI is InChI=1S/C21H20N4O2/c1-14-17(15(2)27-24-14)11-12-19(26)23-21-20(16-8-4-3-5-9-16)22-18-10-6-7-13-25(18)21/h3-10,13H,11-12H2,1-2H3,(H,23,26). The summed E-state index contributed by atoms with van der Waals surface area (Å²) in [6, 6.07) is 15.6. The smallest absolute Gasteiger partial charge is 0.225 e. The van der Waals surface area contributed by atoms with Gasteiger partial charge in [-0.25, -0.2) is 4.98 Å². The van der Waals surface area contributed by atoms with Crippen molar-refractivity contribution in [3.63, 3.8) is 0 Å². The first-order valence-electron chi connectivity index (χ1n) is 8.87. The Kier molecular flexibility index (Phi) is 4.46. The molecule has 0 atom stereocenters. The van der Waals surface area contributed by atoms with Crippen LogP contribution in [-0.2, 0) is 11.2 Å². The number of hydrogen-bond donors (Lipinski definition) is 1. The molecule has 0 aliphatic carbocycles. The SMILES string of the molecule is Cc1noc(C)c1CCC(=O)Nc1c(-c2ccccc2)nc2ccccn12. The van der Waals surface area contributed by atoms with E-state index >= 15 is 0 Å². The number of carbonyl (C=O) groups excluding carboxylic acids is 1. The van der Waals surface area contributed by atoms with Gasteiger partial charge >= 0.3 is 0 Å². The fourth-order valence-electron chi connectivity index (χ4n) is 3.20. The van der Waals surface area contributed by atoms with Crippen molar-refractivity contribution in [3.8, 4) is 11.3 Å². The molecule has 136 valence electrons. The lowest BCUT2D eigenvalue weighted by atomic mass is 10.1. The van der Waals surface area contributed by atoms with E-state index in [2.05, 4.69) is 10.5 Å². The molecule has 3 aromatic heterocycles. The normalized spacial score (nSPS) is 11.0. The molecule has 0 unspecified atom stereocenters. The molecule has 27 heavy (non-hydrogen) atoms. The third kappa shape index (κ3) is 3.33. The molecule has 0 bridgehead atoms. The molecule has 0 saturated carbocycles. The van der Waals surface area contributed by atoms with E-state index in [1.165, 1.54) is 0 Å². The van der Waals surface area contributed by atoms with Gasteiger partial charge in [-0.2, -0.15) is 0 Å². The van der Waals surface area contributed by atoms with Gasteiger partial charge in [0.05, 0.1) is 5.69 Å². The first kappa shape index (κ1) is 17.0. The molecule has 0 fully saturated rings. The predicted molar refractivity (Wildman–Crippen MR) is 104 cm³/mol. The van der Waals surface area contributed by atoms with Gasteiger partial charge in [0.25, 0.3) is 0 Å². The maximum absolute atomic E-state index is 12.7. The molecule has 0 radical (unpaired) electrons. The van der Waals surface area contributed by atoms with E-state index in [0.717, 1.165) is 33.9 Å². The summed E-state index contributed by atoms with van der Waals surface area (Å²) in [5.41, 5.74) is 4.33. The number of nitrogens with one attached hydrogen (secondary N) is 1. The molecular formula is C21H20N4O2. The fourth-order valence-corrected chi connectivity index (χ4v) is 3.20. The number of rotatable bonds is 5. The summed E-state index contributed by atoms with van der Waals surface area (Å²) in [5, 5.41) is 6.99. The number of amides is 1. The van der Waals surface area contributed by atoms with Crippen LogP contribution in [0.15, 0.2) is 59.3 Å². The second-order valence-electron chi connectivity index (χ2n) is 6.45. The van der Waals surface area contributed by atoms with Crippen LogP contribution in [0.2, 0.25) is 0 Å². The van der Waals surface area contributed by atoms with Gasteiger partial charge in [0.15, 0.2) is 0 Å². The second kappa shape index (κ2) is 7.07. The number of pyridine rings is 1. The molecule has 0 saturated heterocycles. The minimum absolute atomic E-state index is 0.0714. The lowest BCUT2D eigenvalue weighted by molar-refractivity contribution is -0.116. The topological polar surface area (TPSA) is 72.4 Å². The number of anilines is 1. The van der Waals surface area contributed by atoms with Gasteiger partial charge in [-0.05, 0) is 32.4 Å². The van der Waals surface area contributed by atoms with E-state index in [4.69, 9.17) is 9.51 Å². The Balaban J connectivity index is 1.62. The molecule has 6 nitrogen and oxygen atoms in total. The van der Waals surface area contributed by atoms with Crippen molar-refractivity contribution < 1.29 is 9.32 Å². The predicted octanol–water partition coefficient (Wildman–Crippen LogP) is 4.18. The van der Waals surface area contributed by atoms with Crippen LogP contribution in [0.25, 0.3) is 16.9 Å². The summed E-state index contributed by atoms with van der Waals surface area (Å²) >= 11 is 0. The van der Waals surface area contributed by atoms with E-state index < -0.39 is 0 Å². The average molecular weight is 360 g/mol. The lowest BCUT2D eigenvalue weighted by Gasteiger charge is -2.08. The summed E-state index contributed by atoms with van der Waals surface area (Å²) in [5.74, 6) is 1.37. The van der Waals surface area contributed by atoms with Crippen molar-refractivity contribution in [3.05, 3.63) is 71.7 Å². The first-order chi connectivity index (χ1) is 13.1. The third-order valence-corrected chi connectivity index (χ3v) is 4.62. The van der Waals surface area contributed by atoms with Crippen LogP contribution >= 0.6 is 0 Å². The highest BCUT2D eigenvalue weighted by Crippen LogP contribution is 2.28. The summed E-state index contributed by atoms with van der Waals surface area (Å²) in [6.07, 6.45) is 2.83. The number of nitrogens with zero attached hydrogens (tertiary/aromatic N) is 3. The molecule has 4 aromatic rings. The monoisotopic (exact) mass is 360 g/mol. The Morgan fingerprint density at radius 1 is 1.11 bits per heavy atom. The maximum Gasteiger partial charge on any atom is 0.225 e. The van der Waals surface area contributed by atoms with E-state index in [1.807, 2.05) is 73.0 Å². The van der Waals surface area contributed by atoms with Crippen LogP contribution in [0.1, 0.15) is 23.4 Å². The molecule has 1 N–H and O–H groups in total. The molecule has 6 heteroatoms. The Morgan fingerprint density at radius 3 is 2.63 bits per heavy atom. The van der Waals surface area contributed by atoms with Crippen molar-refractivity contribution >= 4 is 17.4 Å². The van der Waals surface area contributed by atoms with Crippen LogP contribution in [0.4, 0.5) is 5.82 Å². The van der Waals surface area contributed by atoms with Gasteiger partial charge in [0.1, 0.15) is 22.9 Å². The molecule has 3 heterocycles. The highest BCUT2D eigenvalue weighted by atomic mass is 16.5. The molecule has 0 aliphatic heterocycles. The van der Waals surface area contributed by atoms with Crippen molar-refractivity contribution in [1.29, 1.82) is 0 Å². The van der Waals surface area contributed by atoms with Crippen LogP contribution < -0.4 is 5.32 Å². The Bertz CT molecular complexity index is 1080. The number of aromatic nitrogens is 3. The van der Waals surface area contributed by atoms with Crippen molar-refractivity contribution in [2.24, 2.45) is 0 Å².